The fourth-order valence-electron chi connectivity index (χ4n) is 2.00. The molecule has 9 heteroatoms. The van der Waals surface area contributed by atoms with E-state index in [2.05, 4.69) is 0 Å². The maximum atomic E-state index is 11.6. The van der Waals surface area contributed by atoms with E-state index in [4.69, 9.17) is 18.8 Å². The van der Waals surface area contributed by atoms with Crippen molar-refractivity contribution in [1.29, 1.82) is 0 Å². The van der Waals surface area contributed by atoms with Gasteiger partial charge in [0.2, 0.25) is 0 Å². The van der Waals surface area contributed by atoms with Crippen molar-refractivity contribution in [2.45, 2.75) is 59.7 Å². The predicted octanol–water partition coefficient (Wildman–Crippen LogP) is 3.15. The summed E-state index contributed by atoms with van der Waals surface area (Å²) in [6.45, 7) is 10.5. The van der Waals surface area contributed by atoms with Gasteiger partial charge in [-0.1, -0.05) is 34.6 Å². The highest BCUT2D eigenvalue weighted by molar-refractivity contribution is 7.51. The molecule has 0 saturated carbocycles. The highest BCUT2D eigenvalue weighted by Gasteiger charge is 2.36. The Labute approximate surface area is 126 Å². The summed E-state index contributed by atoms with van der Waals surface area (Å²) in [7, 11) is -8.52. The van der Waals surface area contributed by atoms with Crippen molar-refractivity contribution < 1.29 is 32.9 Å². The molecule has 0 aromatic heterocycles. The van der Waals surface area contributed by atoms with E-state index in [9.17, 15) is 14.0 Å². The molecule has 0 heterocycles. The monoisotopic (exact) mass is 346 g/mol. The summed E-state index contributed by atoms with van der Waals surface area (Å²) in [5, 5.41) is 0. The van der Waals surface area contributed by atoms with Crippen LogP contribution in [0.4, 0.5) is 0 Å². The zero-order valence-corrected chi connectivity index (χ0v) is 15.3. The van der Waals surface area contributed by atoms with Crippen LogP contribution in [0.5, 0.6) is 0 Å². The molecular weight excluding hydrogens is 318 g/mol. The van der Waals surface area contributed by atoms with E-state index in [1.54, 1.807) is 0 Å². The highest BCUT2D eigenvalue weighted by Crippen LogP contribution is 2.46. The Hall–Kier alpha value is 0.260. The third kappa shape index (κ3) is 12.5. The fourth-order valence-corrected chi connectivity index (χ4v) is 3.28. The molecule has 0 aliphatic rings. The van der Waals surface area contributed by atoms with E-state index in [-0.39, 0.29) is 11.3 Å². The van der Waals surface area contributed by atoms with E-state index >= 15 is 0 Å². The van der Waals surface area contributed by atoms with E-state index in [0.29, 0.717) is 12.8 Å². The summed E-state index contributed by atoms with van der Waals surface area (Å²) in [6, 6.07) is 0. The third-order valence-electron chi connectivity index (χ3n) is 2.54. The van der Waals surface area contributed by atoms with Gasteiger partial charge in [0.1, 0.15) is 0 Å². The summed E-state index contributed by atoms with van der Waals surface area (Å²) in [5.74, 6) is 0.0857. The first kappa shape index (κ1) is 21.3. The Morgan fingerprint density at radius 1 is 1.00 bits per heavy atom. The molecule has 0 fully saturated rings. The van der Waals surface area contributed by atoms with Crippen LogP contribution in [0, 0.1) is 11.3 Å². The Balaban J connectivity index is 5.33. The Kier molecular flexibility index (Phi) is 7.79. The lowest BCUT2D eigenvalue weighted by molar-refractivity contribution is -0.00352. The average molecular weight is 346 g/mol. The van der Waals surface area contributed by atoms with Gasteiger partial charge in [-0.05, 0) is 24.2 Å². The Bertz CT molecular complexity index is 404. The van der Waals surface area contributed by atoms with E-state index in [0.717, 1.165) is 6.66 Å². The maximum Gasteiger partial charge on any atom is 0.469 e. The van der Waals surface area contributed by atoms with Gasteiger partial charge in [-0.3, -0.25) is 9.09 Å². The molecule has 3 N–H and O–H groups in total. The van der Waals surface area contributed by atoms with Crippen LogP contribution >= 0.6 is 15.4 Å². The van der Waals surface area contributed by atoms with Crippen molar-refractivity contribution in [3.8, 4) is 0 Å². The van der Waals surface area contributed by atoms with Crippen molar-refractivity contribution in [3.63, 3.8) is 0 Å². The van der Waals surface area contributed by atoms with E-state index in [1.807, 2.05) is 34.6 Å². The Morgan fingerprint density at radius 3 is 1.76 bits per heavy atom. The molecule has 0 rings (SSSR count). The van der Waals surface area contributed by atoms with Crippen LogP contribution in [0.2, 0.25) is 0 Å². The molecule has 1 unspecified atom stereocenters. The molecule has 21 heavy (non-hydrogen) atoms. The summed E-state index contributed by atoms with van der Waals surface area (Å²) in [4.78, 5) is 27.5. The molecule has 128 valence electrons. The normalized spacial score (nSPS) is 19.3. The van der Waals surface area contributed by atoms with Crippen molar-refractivity contribution in [3.05, 3.63) is 0 Å². The second-order valence-electron chi connectivity index (χ2n) is 6.98. The van der Waals surface area contributed by atoms with Crippen LogP contribution in [-0.4, -0.2) is 33.6 Å². The molecule has 0 spiro atoms. The molecule has 0 aliphatic heterocycles. The summed E-state index contributed by atoms with van der Waals surface area (Å²) in [6.07, 6.45) is -1.18. The van der Waals surface area contributed by atoms with Crippen LogP contribution < -0.4 is 0 Å². The van der Waals surface area contributed by atoms with E-state index < -0.39 is 27.6 Å². The van der Waals surface area contributed by atoms with Crippen LogP contribution in [-0.2, 0) is 18.2 Å². The topological polar surface area (TPSA) is 113 Å². The number of rotatable bonds is 8. The molecule has 0 bridgehead atoms. The second-order valence-corrected chi connectivity index (χ2v) is 9.98. The zero-order chi connectivity index (χ0) is 17.1. The minimum Gasteiger partial charge on any atom is -0.324 e. The minimum absolute atomic E-state index is 0.0857. The van der Waals surface area contributed by atoms with Crippen LogP contribution in [0.3, 0.4) is 0 Å². The van der Waals surface area contributed by atoms with Gasteiger partial charge in [-0.25, -0.2) is 4.57 Å². The first-order chi connectivity index (χ1) is 9.09. The predicted molar refractivity (Wildman–Crippen MR) is 81.1 cm³/mol. The van der Waals surface area contributed by atoms with Crippen LogP contribution in [0.1, 0.15) is 47.5 Å². The second kappa shape index (κ2) is 7.69. The number of hydrogen-bond acceptors (Lipinski definition) is 4. The number of hydrogen-bond donors (Lipinski definition) is 3. The van der Waals surface area contributed by atoms with Gasteiger partial charge < -0.3 is 19.2 Å². The molecule has 0 aromatic carbocycles. The SMILES string of the molecule is CC(C)C[C@H](OP(=O)(O)O)[C@H](CC(C)(C)C)OP(C)(=O)O. The lowest BCUT2D eigenvalue weighted by atomic mass is 9.86. The van der Waals surface area contributed by atoms with Gasteiger partial charge in [0.15, 0.2) is 0 Å². The number of phosphoric acid groups is 1. The molecule has 0 aliphatic carbocycles. The largest absolute Gasteiger partial charge is 0.469 e. The zero-order valence-electron chi connectivity index (χ0n) is 13.5. The standard InChI is InChI=1S/C12H28O7P2/c1-9(2)7-10(19-21(15,16)17)11(8-12(3,4)5)18-20(6,13)14/h9-11H,7-8H2,1-6H3,(H,13,14)(H2,15,16,17)/t10-,11-/m0/s1. The van der Waals surface area contributed by atoms with Gasteiger partial charge in [0.25, 0.3) is 0 Å². The molecule has 0 radical (unpaired) electrons. The first-order valence-electron chi connectivity index (χ1n) is 6.82. The van der Waals surface area contributed by atoms with E-state index in [1.165, 1.54) is 0 Å². The summed E-state index contributed by atoms with van der Waals surface area (Å²) < 4.78 is 32.7. The Morgan fingerprint density at radius 2 is 1.48 bits per heavy atom. The minimum atomic E-state index is -4.71. The molecule has 7 nitrogen and oxygen atoms in total. The van der Waals surface area contributed by atoms with Gasteiger partial charge >= 0.3 is 15.4 Å². The molecular formula is C12H28O7P2. The summed E-state index contributed by atoms with van der Waals surface area (Å²) in [5.41, 5.74) is -0.257. The van der Waals surface area contributed by atoms with Crippen molar-refractivity contribution >= 4 is 15.4 Å². The van der Waals surface area contributed by atoms with Crippen molar-refractivity contribution in [2.24, 2.45) is 11.3 Å². The van der Waals surface area contributed by atoms with Crippen molar-refractivity contribution in [2.75, 3.05) is 6.66 Å². The highest BCUT2D eigenvalue weighted by atomic mass is 31.2. The smallest absolute Gasteiger partial charge is 0.324 e. The molecule has 0 aromatic rings. The van der Waals surface area contributed by atoms with Crippen LogP contribution in [0.15, 0.2) is 0 Å². The van der Waals surface area contributed by atoms with Crippen molar-refractivity contribution in [1.82, 2.24) is 0 Å². The van der Waals surface area contributed by atoms with Gasteiger partial charge in [0, 0.05) is 6.66 Å². The van der Waals surface area contributed by atoms with Gasteiger partial charge in [0.05, 0.1) is 12.2 Å². The quantitative estimate of drug-likeness (QED) is 0.579. The number of phosphoric ester groups is 1. The molecule has 3 atom stereocenters. The van der Waals surface area contributed by atoms with Gasteiger partial charge in [-0.15, -0.1) is 0 Å². The van der Waals surface area contributed by atoms with Crippen LogP contribution in [0.25, 0.3) is 0 Å². The average Bonchev–Trinajstić information content (AvgIpc) is 2.07. The summed E-state index contributed by atoms with van der Waals surface area (Å²) >= 11 is 0. The first-order valence-corrected chi connectivity index (χ1v) is 10.4. The third-order valence-corrected chi connectivity index (χ3v) is 3.74. The molecule has 0 saturated heterocycles. The fraction of sp³-hybridized carbons (Fsp3) is 1.00. The maximum absolute atomic E-state index is 11.6. The van der Waals surface area contributed by atoms with Gasteiger partial charge in [-0.2, -0.15) is 0 Å². The lowest BCUT2D eigenvalue weighted by Gasteiger charge is -2.33. The molecule has 0 amide bonds. The lowest BCUT2D eigenvalue weighted by Crippen LogP contribution is -2.35.